The Hall–Kier alpha value is -1.09. The Balaban J connectivity index is 2.34. The topological polar surface area (TPSA) is 21.3 Å². The van der Waals surface area contributed by atoms with Crippen LogP contribution >= 0.6 is 0 Å². The van der Waals surface area contributed by atoms with Crippen molar-refractivity contribution in [3.63, 3.8) is 0 Å². The number of halogens is 1. The zero-order valence-corrected chi connectivity index (χ0v) is 8.38. The second kappa shape index (κ2) is 3.58. The van der Waals surface area contributed by atoms with E-state index in [0.717, 1.165) is 17.9 Å². The predicted molar refractivity (Wildman–Crippen MR) is 52.9 cm³/mol. The molecule has 0 aromatic heterocycles. The van der Waals surface area contributed by atoms with Crippen LogP contribution in [-0.4, -0.2) is 12.6 Å². The second-order valence-electron chi connectivity index (χ2n) is 3.54. The molecule has 76 valence electrons. The van der Waals surface area contributed by atoms with Crippen molar-refractivity contribution in [1.29, 1.82) is 0 Å². The van der Waals surface area contributed by atoms with E-state index in [1.54, 1.807) is 12.1 Å². The Morgan fingerprint density at radius 3 is 3.00 bits per heavy atom. The minimum atomic E-state index is -0.204. The van der Waals surface area contributed by atoms with E-state index in [0.29, 0.717) is 0 Å². The van der Waals surface area contributed by atoms with E-state index in [1.807, 2.05) is 13.8 Å². The molecule has 1 aromatic rings. The van der Waals surface area contributed by atoms with Crippen LogP contribution in [0.3, 0.4) is 0 Å². The van der Waals surface area contributed by atoms with E-state index in [1.165, 1.54) is 6.07 Å². The molecule has 2 rings (SSSR count). The lowest BCUT2D eigenvalue weighted by Crippen LogP contribution is -2.28. The molecule has 2 nitrogen and oxygen atoms in total. The lowest BCUT2D eigenvalue weighted by Gasteiger charge is -2.15. The third kappa shape index (κ3) is 1.48. The maximum absolute atomic E-state index is 13.0. The molecular formula is C11H14FNO. The van der Waals surface area contributed by atoms with Gasteiger partial charge in [-0.15, -0.1) is 0 Å². The Morgan fingerprint density at radius 1 is 1.50 bits per heavy atom. The zero-order chi connectivity index (χ0) is 10.1. The van der Waals surface area contributed by atoms with Crippen LogP contribution < -0.4 is 10.1 Å². The summed E-state index contributed by atoms with van der Waals surface area (Å²) in [4.78, 5) is 0. The number of fused-ring (bicyclic) bond motifs is 1. The van der Waals surface area contributed by atoms with Crippen molar-refractivity contribution in [1.82, 2.24) is 5.32 Å². The molecule has 1 heterocycles. The molecule has 0 saturated carbocycles. The van der Waals surface area contributed by atoms with E-state index in [2.05, 4.69) is 5.32 Å². The van der Waals surface area contributed by atoms with Crippen LogP contribution in [-0.2, 0) is 0 Å². The van der Waals surface area contributed by atoms with Gasteiger partial charge in [0.25, 0.3) is 0 Å². The fourth-order valence-corrected chi connectivity index (χ4v) is 1.89. The van der Waals surface area contributed by atoms with Crippen molar-refractivity contribution in [2.75, 3.05) is 6.54 Å². The zero-order valence-electron chi connectivity index (χ0n) is 8.38. The third-order valence-corrected chi connectivity index (χ3v) is 2.51. The number of benzene rings is 1. The molecule has 0 fully saturated rings. The molecule has 2 unspecified atom stereocenters. The Bertz CT molecular complexity index is 340. The molecule has 1 N–H and O–H groups in total. The van der Waals surface area contributed by atoms with Crippen molar-refractivity contribution < 1.29 is 9.13 Å². The highest BCUT2D eigenvalue weighted by molar-refractivity contribution is 5.40. The van der Waals surface area contributed by atoms with Gasteiger partial charge in [0.05, 0.1) is 6.04 Å². The first-order valence-corrected chi connectivity index (χ1v) is 4.92. The summed E-state index contributed by atoms with van der Waals surface area (Å²) < 4.78 is 18.6. The van der Waals surface area contributed by atoms with E-state index in [4.69, 9.17) is 4.74 Å². The molecular weight excluding hydrogens is 181 g/mol. The van der Waals surface area contributed by atoms with Gasteiger partial charge in [0, 0.05) is 5.56 Å². The number of likely N-dealkylation sites (N-methyl/N-ethyl adjacent to an activating group) is 1. The SMILES string of the molecule is CCNC1c2cc(F)ccc2OC1C. The van der Waals surface area contributed by atoms with Crippen molar-refractivity contribution in [2.45, 2.75) is 26.0 Å². The van der Waals surface area contributed by atoms with Crippen molar-refractivity contribution >= 4 is 0 Å². The predicted octanol–water partition coefficient (Wildman–Crippen LogP) is 2.26. The van der Waals surface area contributed by atoms with E-state index < -0.39 is 0 Å². The first-order valence-electron chi connectivity index (χ1n) is 4.92. The summed E-state index contributed by atoms with van der Waals surface area (Å²) in [5.74, 6) is 0.592. The van der Waals surface area contributed by atoms with Crippen LogP contribution in [0.25, 0.3) is 0 Å². The second-order valence-corrected chi connectivity index (χ2v) is 3.54. The maximum atomic E-state index is 13.0. The first-order chi connectivity index (χ1) is 6.72. The molecule has 0 saturated heterocycles. The molecule has 0 amide bonds. The van der Waals surface area contributed by atoms with Gasteiger partial charge >= 0.3 is 0 Å². The largest absolute Gasteiger partial charge is 0.488 e. The van der Waals surface area contributed by atoms with Gasteiger partial charge in [0.15, 0.2) is 0 Å². The molecule has 0 aliphatic carbocycles. The summed E-state index contributed by atoms with van der Waals surface area (Å²) in [5.41, 5.74) is 0.930. The molecule has 2 atom stereocenters. The van der Waals surface area contributed by atoms with Crippen LogP contribution in [0.5, 0.6) is 5.75 Å². The van der Waals surface area contributed by atoms with Gasteiger partial charge in [-0.2, -0.15) is 0 Å². The number of rotatable bonds is 2. The van der Waals surface area contributed by atoms with Crippen LogP contribution in [0.1, 0.15) is 25.5 Å². The summed E-state index contributed by atoms with van der Waals surface area (Å²) in [6.07, 6.45) is 0.0757. The third-order valence-electron chi connectivity index (χ3n) is 2.51. The van der Waals surface area contributed by atoms with Crippen molar-refractivity contribution in [2.24, 2.45) is 0 Å². The normalized spacial score (nSPS) is 24.5. The summed E-state index contributed by atoms with van der Waals surface area (Å²) >= 11 is 0. The van der Waals surface area contributed by atoms with Crippen LogP contribution in [0, 0.1) is 5.82 Å². The number of hydrogen-bond donors (Lipinski definition) is 1. The molecule has 1 aliphatic heterocycles. The van der Waals surface area contributed by atoms with Gasteiger partial charge in [-0.25, -0.2) is 4.39 Å². The van der Waals surface area contributed by atoms with E-state index in [9.17, 15) is 4.39 Å². The number of ether oxygens (including phenoxy) is 1. The van der Waals surface area contributed by atoms with Gasteiger partial charge in [0.2, 0.25) is 0 Å². The maximum Gasteiger partial charge on any atom is 0.124 e. The van der Waals surface area contributed by atoms with E-state index >= 15 is 0 Å². The number of nitrogens with one attached hydrogen (secondary N) is 1. The smallest absolute Gasteiger partial charge is 0.124 e. The summed E-state index contributed by atoms with van der Waals surface area (Å²) in [7, 11) is 0. The van der Waals surface area contributed by atoms with Gasteiger partial charge < -0.3 is 10.1 Å². The molecule has 0 spiro atoms. The fraction of sp³-hybridized carbons (Fsp3) is 0.455. The molecule has 14 heavy (non-hydrogen) atoms. The van der Waals surface area contributed by atoms with Crippen molar-refractivity contribution in [3.8, 4) is 5.75 Å². The highest BCUT2D eigenvalue weighted by Crippen LogP contribution is 2.36. The average molecular weight is 195 g/mol. The Labute approximate surface area is 83.1 Å². The van der Waals surface area contributed by atoms with Gasteiger partial charge in [-0.1, -0.05) is 6.92 Å². The minimum absolute atomic E-state index is 0.0757. The Kier molecular flexibility index (Phi) is 2.42. The van der Waals surface area contributed by atoms with Crippen LogP contribution in [0.15, 0.2) is 18.2 Å². The lowest BCUT2D eigenvalue weighted by atomic mass is 10.0. The van der Waals surface area contributed by atoms with Gasteiger partial charge in [-0.3, -0.25) is 0 Å². The molecule has 0 bridgehead atoms. The number of hydrogen-bond acceptors (Lipinski definition) is 2. The Morgan fingerprint density at radius 2 is 2.29 bits per heavy atom. The van der Waals surface area contributed by atoms with Gasteiger partial charge in [-0.05, 0) is 31.7 Å². The standard InChI is InChI=1S/C11H14FNO/c1-3-13-11-7(2)14-10-5-4-8(12)6-9(10)11/h4-7,11,13H,3H2,1-2H3. The average Bonchev–Trinajstić information content (AvgIpc) is 2.45. The van der Waals surface area contributed by atoms with Crippen molar-refractivity contribution in [3.05, 3.63) is 29.6 Å². The highest BCUT2D eigenvalue weighted by Gasteiger charge is 2.30. The quantitative estimate of drug-likeness (QED) is 0.781. The summed E-state index contributed by atoms with van der Waals surface area (Å²) in [6, 6.07) is 4.79. The molecule has 1 aromatic carbocycles. The monoisotopic (exact) mass is 195 g/mol. The minimum Gasteiger partial charge on any atom is -0.488 e. The highest BCUT2D eigenvalue weighted by atomic mass is 19.1. The van der Waals surface area contributed by atoms with Crippen LogP contribution in [0.4, 0.5) is 4.39 Å². The molecule has 0 radical (unpaired) electrons. The summed E-state index contributed by atoms with van der Waals surface area (Å²) in [5, 5.41) is 3.29. The molecule has 1 aliphatic rings. The lowest BCUT2D eigenvalue weighted by molar-refractivity contribution is 0.211. The van der Waals surface area contributed by atoms with Crippen LogP contribution in [0.2, 0.25) is 0 Å². The molecule has 3 heteroatoms. The summed E-state index contributed by atoms with van der Waals surface area (Å²) in [6.45, 7) is 4.88. The van der Waals surface area contributed by atoms with Gasteiger partial charge in [0.1, 0.15) is 17.7 Å². The first kappa shape index (κ1) is 9.46. The fourth-order valence-electron chi connectivity index (χ4n) is 1.89. The van der Waals surface area contributed by atoms with E-state index in [-0.39, 0.29) is 18.0 Å².